The largest absolute Gasteiger partial charge is 0.457 e. The van der Waals surface area contributed by atoms with E-state index in [1.807, 2.05) is 0 Å². The van der Waals surface area contributed by atoms with E-state index in [-0.39, 0.29) is 13.2 Å². The predicted molar refractivity (Wildman–Crippen MR) is 68.6 cm³/mol. The van der Waals surface area contributed by atoms with Gasteiger partial charge in [-0.25, -0.2) is 9.78 Å². The molecule has 1 aromatic carbocycles. The molecule has 2 aromatic rings. The molecule has 0 N–H and O–H groups in total. The Hall–Kier alpha value is -1.85. The Balaban J connectivity index is 1.99. The highest BCUT2D eigenvalue weighted by Crippen LogP contribution is 2.21. The maximum atomic E-state index is 11.1. The van der Waals surface area contributed by atoms with Gasteiger partial charge in [0.25, 0.3) is 0 Å². The van der Waals surface area contributed by atoms with Gasteiger partial charge in [-0.05, 0) is 24.3 Å². The van der Waals surface area contributed by atoms with Crippen LogP contribution in [-0.2, 0) is 20.9 Å². The number of benzene rings is 1. The van der Waals surface area contributed by atoms with Crippen LogP contribution in [0.15, 0.2) is 34.9 Å². The predicted octanol–water partition coefficient (Wildman–Crippen LogP) is 2.68. The molecule has 1 heterocycles. The summed E-state index contributed by atoms with van der Waals surface area (Å²) in [5.41, 5.74) is 1.34. The van der Waals surface area contributed by atoms with Crippen molar-refractivity contribution in [1.82, 2.24) is 4.98 Å². The molecule has 19 heavy (non-hydrogen) atoms. The fraction of sp³-hybridized carbons (Fsp3) is 0.231. The topological polar surface area (TPSA) is 61.6 Å². The van der Waals surface area contributed by atoms with Gasteiger partial charge >= 0.3 is 5.97 Å². The molecule has 0 fully saturated rings. The Morgan fingerprint density at radius 1 is 1.37 bits per heavy atom. The molecule has 0 saturated carbocycles. The zero-order chi connectivity index (χ0) is 13.7. The van der Waals surface area contributed by atoms with Gasteiger partial charge in [0.2, 0.25) is 5.89 Å². The normalized spacial score (nSPS) is 10.4. The fourth-order valence-electron chi connectivity index (χ4n) is 1.41. The lowest BCUT2D eigenvalue weighted by atomic mass is 10.2. The Morgan fingerprint density at radius 2 is 2.11 bits per heavy atom. The van der Waals surface area contributed by atoms with Gasteiger partial charge in [-0.1, -0.05) is 11.6 Å². The highest BCUT2D eigenvalue weighted by atomic mass is 35.5. The third kappa shape index (κ3) is 3.81. The average Bonchev–Trinajstić information content (AvgIpc) is 2.86. The van der Waals surface area contributed by atoms with Gasteiger partial charge in [-0.15, -0.1) is 0 Å². The van der Waals surface area contributed by atoms with E-state index in [4.69, 9.17) is 20.8 Å². The molecule has 5 nitrogen and oxygen atoms in total. The van der Waals surface area contributed by atoms with Crippen molar-refractivity contribution in [2.75, 3.05) is 13.7 Å². The minimum atomic E-state index is -0.446. The van der Waals surface area contributed by atoms with Crippen LogP contribution in [0.3, 0.4) is 0 Å². The molecule has 0 bridgehead atoms. The lowest BCUT2D eigenvalue weighted by molar-refractivity contribution is -0.149. The van der Waals surface area contributed by atoms with E-state index < -0.39 is 5.97 Å². The van der Waals surface area contributed by atoms with E-state index in [2.05, 4.69) is 9.72 Å². The van der Waals surface area contributed by atoms with Crippen molar-refractivity contribution in [3.8, 4) is 11.5 Å². The highest BCUT2D eigenvalue weighted by molar-refractivity contribution is 6.30. The Kier molecular flexibility index (Phi) is 4.54. The molecular formula is C13H12ClNO4. The summed E-state index contributed by atoms with van der Waals surface area (Å²) >= 11 is 5.80. The molecule has 100 valence electrons. The third-order valence-corrected chi connectivity index (χ3v) is 2.54. The van der Waals surface area contributed by atoms with Crippen molar-refractivity contribution in [2.45, 2.75) is 6.61 Å². The number of oxazole rings is 1. The lowest BCUT2D eigenvalue weighted by Gasteiger charge is -2.00. The number of hydrogen-bond donors (Lipinski definition) is 0. The highest BCUT2D eigenvalue weighted by Gasteiger charge is 2.09. The van der Waals surface area contributed by atoms with Crippen molar-refractivity contribution in [2.24, 2.45) is 0 Å². The third-order valence-electron chi connectivity index (χ3n) is 2.29. The molecule has 0 radical (unpaired) electrons. The minimum absolute atomic E-state index is 0.0548. The molecule has 0 amide bonds. The molecule has 0 aliphatic rings. The quantitative estimate of drug-likeness (QED) is 0.789. The van der Waals surface area contributed by atoms with Crippen molar-refractivity contribution in [1.29, 1.82) is 0 Å². The monoisotopic (exact) mass is 281 g/mol. The van der Waals surface area contributed by atoms with Crippen LogP contribution in [-0.4, -0.2) is 24.7 Å². The van der Waals surface area contributed by atoms with E-state index >= 15 is 0 Å². The number of nitrogens with zero attached hydrogens (tertiary/aromatic N) is 1. The summed E-state index contributed by atoms with van der Waals surface area (Å²) in [5.74, 6) is 0.00741. The standard InChI is InChI=1S/C13H12ClNO4/c1-17-8-12(16)18-6-11-7-19-13(15-11)9-2-4-10(14)5-3-9/h2-5,7H,6,8H2,1H3. The first-order valence-corrected chi connectivity index (χ1v) is 5.91. The van der Waals surface area contributed by atoms with Crippen LogP contribution in [0.5, 0.6) is 0 Å². The molecule has 0 unspecified atom stereocenters. The smallest absolute Gasteiger partial charge is 0.332 e. The van der Waals surface area contributed by atoms with Crippen LogP contribution in [0.25, 0.3) is 11.5 Å². The van der Waals surface area contributed by atoms with Crippen molar-refractivity contribution >= 4 is 17.6 Å². The van der Waals surface area contributed by atoms with Crippen LogP contribution in [0, 0.1) is 0 Å². The fourth-order valence-corrected chi connectivity index (χ4v) is 1.54. The SMILES string of the molecule is COCC(=O)OCc1coc(-c2ccc(Cl)cc2)n1. The average molecular weight is 282 g/mol. The second-order valence-corrected chi connectivity index (χ2v) is 4.18. The van der Waals surface area contributed by atoms with Crippen LogP contribution in [0.4, 0.5) is 0 Å². The summed E-state index contributed by atoms with van der Waals surface area (Å²) in [5, 5.41) is 0.643. The summed E-state index contributed by atoms with van der Waals surface area (Å²) in [4.78, 5) is 15.3. The van der Waals surface area contributed by atoms with Crippen LogP contribution < -0.4 is 0 Å². The Bertz CT molecular complexity index is 550. The summed E-state index contributed by atoms with van der Waals surface area (Å²) in [6.07, 6.45) is 1.45. The number of carbonyl (C=O) groups is 1. The van der Waals surface area contributed by atoms with Gasteiger partial charge in [0.15, 0.2) is 0 Å². The van der Waals surface area contributed by atoms with Gasteiger partial charge < -0.3 is 13.9 Å². The number of carbonyl (C=O) groups excluding carboxylic acids is 1. The summed E-state index contributed by atoms with van der Waals surface area (Å²) in [6.45, 7) is -0.0266. The van der Waals surface area contributed by atoms with Gasteiger partial charge in [-0.3, -0.25) is 0 Å². The van der Waals surface area contributed by atoms with Crippen LogP contribution in [0.2, 0.25) is 5.02 Å². The molecule has 0 saturated heterocycles. The van der Waals surface area contributed by atoms with E-state index in [1.165, 1.54) is 13.4 Å². The lowest BCUT2D eigenvalue weighted by Crippen LogP contribution is -2.10. The summed E-state index contributed by atoms with van der Waals surface area (Å²) in [7, 11) is 1.43. The first-order valence-electron chi connectivity index (χ1n) is 5.54. The number of halogens is 1. The van der Waals surface area contributed by atoms with E-state index in [1.54, 1.807) is 24.3 Å². The Morgan fingerprint density at radius 3 is 2.79 bits per heavy atom. The number of hydrogen-bond acceptors (Lipinski definition) is 5. The summed E-state index contributed by atoms with van der Waals surface area (Å²) in [6, 6.07) is 7.10. The van der Waals surface area contributed by atoms with E-state index in [9.17, 15) is 4.79 Å². The molecule has 0 atom stereocenters. The molecular weight excluding hydrogens is 270 g/mol. The zero-order valence-corrected chi connectivity index (χ0v) is 11.0. The number of rotatable bonds is 5. The zero-order valence-electron chi connectivity index (χ0n) is 10.3. The number of ether oxygens (including phenoxy) is 2. The second kappa shape index (κ2) is 6.36. The minimum Gasteiger partial charge on any atom is -0.457 e. The molecule has 2 rings (SSSR count). The van der Waals surface area contributed by atoms with E-state index in [0.717, 1.165) is 5.56 Å². The van der Waals surface area contributed by atoms with Crippen molar-refractivity contribution < 1.29 is 18.7 Å². The maximum Gasteiger partial charge on any atom is 0.332 e. The van der Waals surface area contributed by atoms with Gasteiger partial charge in [0, 0.05) is 17.7 Å². The second-order valence-electron chi connectivity index (χ2n) is 3.74. The van der Waals surface area contributed by atoms with Gasteiger partial charge in [0.1, 0.15) is 25.2 Å². The Labute approximate surface area is 115 Å². The first kappa shape index (κ1) is 13.6. The molecule has 6 heteroatoms. The number of methoxy groups -OCH3 is 1. The van der Waals surface area contributed by atoms with Crippen molar-refractivity contribution in [3.63, 3.8) is 0 Å². The number of aromatic nitrogens is 1. The van der Waals surface area contributed by atoms with Crippen molar-refractivity contribution in [3.05, 3.63) is 41.2 Å². The molecule has 0 aliphatic heterocycles. The maximum absolute atomic E-state index is 11.1. The molecule has 0 spiro atoms. The van der Waals surface area contributed by atoms with Gasteiger partial charge in [0.05, 0.1) is 0 Å². The van der Waals surface area contributed by atoms with Crippen LogP contribution in [0.1, 0.15) is 5.69 Å². The molecule has 1 aromatic heterocycles. The first-order chi connectivity index (χ1) is 9.19. The van der Waals surface area contributed by atoms with Crippen LogP contribution >= 0.6 is 11.6 Å². The molecule has 0 aliphatic carbocycles. The number of esters is 1. The van der Waals surface area contributed by atoms with E-state index in [0.29, 0.717) is 16.6 Å². The van der Waals surface area contributed by atoms with Gasteiger partial charge in [-0.2, -0.15) is 0 Å². The summed E-state index contributed by atoms with van der Waals surface area (Å²) < 4.78 is 14.9.